The van der Waals surface area contributed by atoms with Crippen LogP contribution in [0.5, 0.6) is 0 Å². The van der Waals surface area contributed by atoms with Gasteiger partial charge in [-0.25, -0.2) is 15.0 Å². The molecule has 2 aromatic rings. The molecule has 12 heteroatoms. The summed E-state index contributed by atoms with van der Waals surface area (Å²) < 4.78 is 7.67. The van der Waals surface area contributed by atoms with E-state index in [-0.39, 0.29) is 0 Å². The Hall–Kier alpha value is -1.44. The average molecular weight is 469 g/mol. The van der Waals surface area contributed by atoms with Crippen LogP contribution in [0.25, 0.3) is 11.2 Å². The summed E-state index contributed by atoms with van der Waals surface area (Å²) in [6.07, 6.45) is -0.0715. The summed E-state index contributed by atoms with van der Waals surface area (Å²) in [4.78, 5) is 16.0. The van der Waals surface area contributed by atoms with E-state index in [1.165, 1.54) is 18.1 Å². The number of aliphatic hydroxyl groups is 3. The summed E-state index contributed by atoms with van der Waals surface area (Å²) >= 11 is 5.83. The zero-order valence-corrected chi connectivity index (χ0v) is 19.4. The van der Waals surface area contributed by atoms with E-state index in [1.54, 1.807) is 11.5 Å². The van der Waals surface area contributed by atoms with Crippen LogP contribution in [0.2, 0.25) is 0 Å². The second-order valence-electron chi connectivity index (χ2n) is 8.20. The Morgan fingerprint density at radius 2 is 2.19 bits per heavy atom. The normalized spacial score (nSPS) is 31.0. The lowest BCUT2D eigenvalue weighted by Gasteiger charge is -2.39. The molecule has 1 saturated heterocycles. The molecule has 4 heterocycles. The van der Waals surface area contributed by atoms with Crippen LogP contribution in [0.15, 0.2) is 11.3 Å². The van der Waals surface area contributed by atoms with Gasteiger partial charge in [-0.3, -0.25) is 9.56 Å². The maximum atomic E-state index is 11.4. The van der Waals surface area contributed by atoms with E-state index in [0.29, 0.717) is 46.1 Å². The van der Waals surface area contributed by atoms with Crippen LogP contribution in [0.4, 0.5) is 5.82 Å². The Kier molecular flexibility index (Phi) is 6.23. The van der Waals surface area contributed by atoms with Crippen molar-refractivity contribution in [3.8, 4) is 0 Å². The molecule has 31 heavy (non-hydrogen) atoms. The van der Waals surface area contributed by atoms with Crippen molar-refractivity contribution in [1.29, 1.82) is 0 Å². The predicted molar refractivity (Wildman–Crippen MR) is 123 cm³/mol. The number of hydrogen-bond acceptors (Lipinski definition) is 11. The van der Waals surface area contributed by atoms with Crippen LogP contribution in [-0.4, -0.2) is 82.5 Å². The molecule has 0 spiro atoms. The third-order valence-electron chi connectivity index (χ3n) is 5.50. The van der Waals surface area contributed by atoms with Gasteiger partial charge in [-0.05, 0) is 19.3 Å². The molecule has 2 aliphatic heterocycles. The van der Waals surface area contributed by atoms with Gasteiger partial charge in [-0.15, -0.1) is 24.4 Å². The van der Waals surface area contributed by atoms with E-state index < -0.39 is 29.5 Å². The van der Waals surface area contributed by atoms with Crippen LogP contribution in [-0.2, 0) is 10.5 Å². The van der Waals surface area contributed by atoms with E-state index in [2.05, 4.69) is 51.7 Å². The number of nitrogens with zero attached hydrogens (tertiary/aromatic N) is 5. The number of aliphatic hydroxyl groups excluding tert-OH is 2. The smallest absolute Gasteiger partial charge is 0.238 e. The fourth-order valence-corrected chi connectivity index (χ4v) is 5.46. The minimum Gasteiger partial charge on any atom is -0.394 e. The highest BCUT2D eigenvalue weighted by molar-refractivity contribution is 8.14. The van der Waals surface area contributed by atoms with Crippen LogP contribution >= 0.6 is 24.4 Å². The summed E-state index contributed by atoms with van der Waals surface area (Å²) in [5, 5.41) is 35.6. The Balaban J connectivity index is 1.87. The molecule has 1 fully saturated rings. The fraction of sp³-hybridized carbons (Fsp3) is 0.684. The van der Waals surface area contributed by atoms with Crippen molar-refractivity contribution in [3.63, 3.8) is 0 Å². The number of hydrogen-bond donors (Lipinski definition) is 5. The highest BCUT2D eigenvalue weighted by atomic mass is 32.2. The van der Waals surface area contributed by atoms with Gasteiger partial charge >= 0.3 is 0 Å². The molecule has 0 unspecified atom stereocenters. The summed E-state index contributed by atoms with van der Waals surface area (Å²) in [6, 6.07) is 0. The summed E-state index contributed by atoms with van der Waals surface area (Å²) in [7, 11) is 0. The molecule has 4 rings (SSSR count). The molecule has 4 atom stereocenters. The lowest BCUT2D eigenvalue weighted by molar-refractivity contribution is -0.103. The molecule has 0 bridgehead atoms. The van der Waals surface area contributed by atoms with Crippen molar-refractivity contribution < 1.29 is 20.1 Å². The monoisotopic (exact) mass is 468 g/mol. The molecule has 0 amide bonds. The van der Waals surface area contributed by atoms with Crippen LogP contribution in [0, 0.1) is 12.8 Å². The number of anilines is 1. The number of aliphatic imine (C=N–C) groups is 1. The summed E-state index contributed by atoms with van der Waals surface area (Å²) in [5.74, 6) is 2.33. The van der Waals surface area contributed by atoms with E-state index >= 15 is 0 Å². The van der Waals surface area contributed by atoms with Gasteiger partial charge in [0.05, 0.1) is 6.61 Å². The van der Waals surface area contributed by atoms with Crippen molar-refractivity contribution in [3.05, 3.63) is 12.2 Å². The van der Waals surface area contributed by atoms with Gasteiger partial charge in [0, 0.05) is 18.8 Å². The second kappa shape index (κ2) is 8.49. The molecule has 0 aliphatic carbocycles. The van der Waals surface area contributed by atoms with Gasteiger partial charge in [0.25, 0.3) is 0 Å². The highest BCUT2D eigenvalue weighted by Gasteiger charge is 2.68. The molecule has 2 aromatic heterocycles. The van der Waals surface area contributed by atoms with Gasteiger partial charge in [-0.2, -0.15) is 0 Å². The standard InChI is InChI=1S/C19H28N6O4S2/c1-10(2)4-5-20-15-13-16(24-11(3)23-15)25(9-22-13)18(17-21-6-7-31-17)19(28,30)14(27)12(8-26)29-18/h9-10,12,14,26-28,30H,4-8H2,1-3H3,(H,20,23,24)/t12-,14-,18-,19+/m1/s1. The SMILES string of the molecule is Cc1nc(NCCC(C)C)c2ncn([C@]3(C4=NCCS4)O[C@H](CO)[C@@H](O)[C@]3(O)S)c2n1. The first-order valence-electron chi connectivity index (χ1n) is 10.3. The van der Waals surface area contributed by atoms with Gasteiger partial charge in [0.1, 0.15) is 29.4 Å². The molecular weight excluding hydrogens is 440 g/mol. The number of nitrogens with one attached hydrogen (secondary N) is 1. The highest BCUT2D eigenvalue weighted by Crippen LogP contribution is 2.51. The first kappa shape index (κ1) is 22.7. The van der Waals surface area contributed by atoms with Gasteiger partial charge in [0.2, 0.25) is 5.72 Å². The topological polar surface area (TPSA) is 138 Å². The molecule has 0 radical (unpaired) electrons. The minimum atomic E-state index is -2.09. The van der Waals surface area contributed by atoms with Crippen molar-refractivity contribution in [2.75, 3.05) is 30.8 Å². The number of fused-ring (bicyclic) bond motifs is 1. The Morgan fingerprint density at radius 3 is 2.81 bits per heavy atom. The van der Waals surface area contributed by atoms with E-state index in [1.807, 2.05) is 0 Å². The minimum absolute atomic E-state index is 0.410. The van der Waals surface area contributed by atoms with Crippen molar-refractivity contribution in [2.45, 2.75) is 50.1 Å². The zero-order chi connectivity index (χ0) is 22.4. The fourth-order valence-electron chi connectivity index (χ4n) is 3.89. The lowest BCUT2D eigenvalue weighted by Crippen LogP contribution is -2.57. The zero-order valence-electron chi connectivity index (χ0n) is 17.7. The summed E-state index contributed by atoms with van der Waals surface area (Å²) in [5.41, 5.74) is -0.783. The van der Waals surface area contributed by atoms with E-state index in [9.17, 15) is 15.3 Å². The van der Waals surface area contributed by atoms with Crippen molar-refractivity contribution >= 4 is 46.4 Å². The first-order chi connectivity index (χ1) is 14.7. The summed E-state index contributed by atoms with van der Waals surface area (Å²) in [6.45, 7) is 6.84. The van der Waals surface area contributed by atoms with Crippen molar-refractivity contribution in [1.82, 2.24) is 19.5 Å². The largest absolute Gasteiger partial charge is 0.394 e. The molecule has 0 aromatic carbocycles. The van der Waals surface area contributed by atoms with Crippen molar-refractivity contribution in [2.24, 2.45) is 10.9 Å². The number of ether oxygens (including phenoxy) is 1. The van der Waals surface area contributed by atoms with Crippen LogP contribution in [0.3, 0.4) is 0 Å². The third-order valence-corrected chi connectivity index (χ3v) is 7.14. The molecule has 4 N–H and O–H groups in total. The van der Waals surface area contributed by atoms with E-state index in [4.69, 9.17) is 4.74 Å². The van der Waals surface area contributed by atoms with Gasteiger partial charge in [-0.1, -0.05) is 13.8 Å². The predicted octanol–water partition coefficient (Wildman–Crippen LogP) is 0.761. The number of rotatable bonds is 7. The molecule has 2 aliphatic rings. The molecule has 10 nitrogen and oxygen atoms in total. The number of aromatic nitrogens is 4. The van der Waals surface area contributed by atoms with Gasteiger partial charge < -0.3 is 25.4 Å². The molecule has 170 valence electrons. The maximum absolute atomic E-state index is 11.4. The second-order valence-corrected chi connectivity index (χ2v) is 9.97. The lowest BCUT2D eigenvalue weighted by atomic mass is 10.0. The number of aryl methyl sites for hydroxylation is 1. The number of imidazole rings is 1. The van der Waals surface area contributed by atoms with Gasteiger partial charge in [0.15, 0.2) is 21.9 Å². The first-order valence-corrected chi connectivity index (χ1v) is 11.7. The Labute approximate surface area is 190 Å². The average Bonchev–Trinajstić information content (AvgIpc) is 3.42. The third kappa shape index (κ3) is 3.62. The number of thiol groups is 1. The molecular formula is C19H28N6O4S2. The maximum Gasteiger partial charge on any atom is 0.238 e. The quantitative estimate of drug-likeness (QED) is 0.294. The number of thioether (sulfide) groups is 1. The van der Waals surface area contributed by atoms with Crippen LogP contribution < -0.4 is 5.32 Å². The Morgan fingerprint density at radius 1 is 1.42 bits per heavy atom. The Bertz CT molecular complexity index is 997. The van der Waals surface area contributed by atoms with Crippen LogP contribution in [0.1, 0.15) is 26.1 Å². The molecule has 0 saturated carbocycles. The van der Waals surface area contributed by atoms with E-state index in [0.717, 1.165) is 13.0 Å².